The van der Waals surface area contributed by atoms with Crippen LogP contribution in [0.3, 0.4) is 0 Å². The van der Waals surface area contributed by atoms with Crippen LogP contribution in [0.4, 0.5) is 5.13 Å². The minimum atomic E-state index is -2.56. The van der Waals surface area contributed by atoms with Gasteiger partial charge < -0.3 is 14.6 Å². The van der Waals surface area contributed by atoms with Gasteiger partial charge in [-0.05, 0) is 27.5 Å². The van der Waals surface area contributed by atoms with Gasteiger partial charge in [0.2, 0.25) is 0 Å². The molecule has 0 radical (unpaired) electrons. The molecule has 190 valence electrons. The van der Waals surface area contributed by atoms with Gasteiger partial charge in [-0.1, -0.05) is 99.6 Å². The Morgan fingerprint density at radius 2 is 1.49 bits per heavy atom. The molecule has 37 heavy (non-hydrogen) atoms. The summed E-state index contributed by atoms with van der Waals surface area (Å²) in [6.07, 6.45) is 0.136. The molecule has 3 aromatic carbocycles. The number of carbonyl (C=O) groups is 1. The fourth-order valence-electron chi connectivity index (χ4n) is 5.00. The topological polar surface area (TPSA) is 54.5 Å². The van der Waals surface area contributed by atoms with Crippen LogP contribution in [-0.2, 0) is 11.0 Å². The van der Waals surface area contributed by atoms with E-state index in [4.69, 9.17) is 9.41 Å². The molecule has 0 aliphatic carbocycles. The summed E-state index contributed by atoms with van der Waals surface area (Å²) in [6.45, 7) is 8.98. The molecule has 1 amide bonds. The molecule has 2 heterocycles. The predicted molar refractivity (Wildman–Crippen MR) is 154 cm³/mol. The average molecular weight is 528 g/mol. The van der Waals surface area contributed by atoms with E-state index in [2.05, 4.69) is 91.7 Å². The number of benzene rings is 3. The lowest BCUT2D eigenvalue weighted by atomic mass is 10.2. The lowest BCUT2D eigenvalue weighted by molar-refractivity contribution is 0.0950. The van der Waals surface area contributed by atoms with Crippen molar-refractivity contribution in [3.63, 3.8) is 0 Å². The van der Waals surface area contributed by atoms with Crippen molar-refractivity contribution in [2.24, 2.45) is 0 Å². The number of thiazole rings is 1. The summed E-state index contributed by atoms with van der Waals surface area (Å²) in [5.74, 6) is -0.0853. The first-order valence-corrected chi connectivity index (χ1v) is 15.5. The molecule has 1 aromatic heterocycles. The summed E-state index contributed by atoms with van der Waals surface area (Å²) >= 11 is 1.62. The molecule has 0 spiro atoms. The van der Waals surface area contributed by atoms with Crippen molar-refractivity contribution >= 4 is 41.1 Å². The van der Waals surface area contributed by atoms with Crippen LogP contribution in [0.2, 0.25) is 5.04 Å². The second-order valence-electron chi connectivity index (χ2n) is 10.5. The van der Waals surface area contributed by atoms with Gasteiger partial charge in [0.05, 0.1) is 18.3 Å². The molecule has 1 aliphatic rings. The zero-order valence-corrected chi connectivity index (χ0v) is 23.4. The van der Waals surface area contributed by atoms with Crippen molar-refractivity contribution in [1.82, 2.24) is 10.3 Å². The molecule has 0 atom stereocenters. The van der Waals surface area contributed by atoms with Crippen LogP contribution in [0.5, 0.6) is 0 Å². The van der Waals surface area contributed by atoms with Gasteiger partial charge in [0.25, 0.3) is 14.2 Å². The molecule has 5 rings (SSSR count). The Balaban J connectivity index is 1.28. The second-order valence-corrected chi connectivity index (χ2v) is 15.6. The molecule has 1 N–H and O–H groups in total. The summed E-state index contributed by atoms with van der Waals surface area (Å²) in [7, 11) is -2.56. The molecular weight excluding hydrogens is 495 g/mol. The zero-order chi connectivity index (χ0) is 25.9. The number of anilines is 1. The molecule has 1 saturated heterocycles. The lowest BCUT2D eigenvalue weighted by Crippen LogP contribution is -2.70. The van der Waals surface area contributed by atoms with E-state index in [1.165, 1.54) is 10.4 Å². The monoisotopic (exact) mass is 527 g/mol. The maximum atomic E-state index is 12.4. The minimum absolute atomic E-state index is 0.0402. The molecule has 1 fully saturated rings. The van der Waals surface area contributed by atoms with Crippen molar-refractivity contribution in [2.45, 2.75) is 38.5 Å². The van der Waals surface area contributed by atoms with Gasteiger partial charge in [0, 0.05) is 24.0 Å². The number of amides is 1. The Hall–Kier alpha value is -3.26. The van der Waals surface area contributed by atoms with E-state index in [0.29, 0.717) is 12.1 Å². The van der Waals surface area contributed by atoms with E-state index in [1.54, 1.807) is 11.3 Å². The average Bonchev–Trinajstić information content (AvgIpc) is 3.36. The van der Waals surface area contributed by atoms with E-state index >= 15 is 0 Å². The SMILES string of the molecule is CC(C)(C)[Si](OC1CN(c2nc(CNC(=O)c3ccccc3)cs2)C1)(c1ccccc1)c1ccccc1. The van der Waals surface area contributed by atoms with Crippen LogP contribution in [0.15, 0.2) is 96.4 Å². The van der Waals surface area contributed by atoms with Crippen molar-refractivity contribution in [2.75, 3.05) is 18.0 Å². The quantitative estimate of drug-likeness (QED) is 0.333. The Bertz CT molecular complexity index is 1280. The summed E-state index contributed by atoms with van der Waals surface area (Å²) in [5.41, 5.74) is 1.53. The third-order valence-corrected chi connectivity index (χ3v) is 12.9. The summed E-state index contributed by atoms with van der Waals surface area (Å²) < 4.78 is 7.21. The fraction of sp³-hybridized carbons (Fsp3) is 0.267. The number of hydrogen-bond acceptors (Lipinski definition) is 5. The maximum Gasteiger partial charge on any atom is 0.261 e. The molecule has 4 aromatic rings. The highest BCUT2D eigenvalue weighted by Crippen LogP contribution is 2.39. The standard InChI is InChI=1S/C30H33N3O2SSi/c1-30(2,3)37(26-15-9-5-10-16-26,27-17-11-6-12-18-27)35-25-20-33(21-25)29-32-24(22-36-29)19-31-28(34)23-13-7-4-8-14-23/h4-18,22,25H,19-21H2,1-3H3,(H,31,34). The Morgan fingerprint density at radius 3 is 2.03 bits per heavy atom. The van der Waals surface area contributed by atoms with Crippen molar-refractivity contribution < 1.29 is 9.22 Å². The Labute approximate surface area is 224 Å². The summed E-state index contributed by atoms with van der Waals surface area (Å²) in [6, 6.07) is 30.8. The van der Waals surface area contributed by atoms with E-state index < -0.39 is 8.32 Å². The van der Waals surface area contributed by atoms with E-state index in [1.807, 2.05) is 35.7 Å². The molecule has 0 bridgehead atoms. The highest BCUT2D eigenvalue weighted by Gasteiger charge is 2.52. The fourth-order valence-corrected chi connectivity index (χ4v) is 10.5. The van der Waals surface area contributed by atoms with Crippen LogP contribution in [0, 0.1) is 0 Å². The van der Waals surface area contributed by atoms with Crippen LogP contribution >= 0.6 is 11.3 Å². The molecule has 0 unspecified atom stereocenters. The number of carbonyl (C=O) groups excluding carboxylic acids is 1. The van der Waals surface area contributed by atoms with Crippen molar-refractivity contribution in [3.05, 3.63) is 108 Å². The molecule has 5 nitrogen and oxygen atoms in total. The smallest absolute Gasteiger partial charge is 0.261 e. The van der Waals surface area contributed by atoms with Crippen LogP contribution < -0.4 is 20.6 Å². The summed E-state index contributed by atoms with van der Waals surface area (Å²) in [5, 5.41) is 8.53. The van der Waals surface area contributed by atoms with Crippen molar-refractivity contribution in [1.29, 1.82) is 0 Å². The predicted octanol–water partition coefficient (Wildman–Crippen LogP) is 4.84. The molecular formula is C30H33N3O2SSi. The van der Waals surface area contributed by atoms with Crippen LogP contribution in [0.1, 0.15) is 36.8 Å². The van der Waals surface area contributed by atoms with Gasteiger partial charge in [-0.3, -0.25) is 4.79 Å². The zero-order valence-electron chi connectivity index (χ0n) is 21.6. The number of hydrogen-bond donors (Lipinski definition) is 1. The van der Waals surface area contributed by atoms with Crippen LogP contribution in [0.25, 0.3) is 0 Å². The molecule has 7 heteroatoms. The first-order chi connectivity index (χ1) is 17.9. The third-order valence-electron chi connectivity index (χ3n) is 6.88. The highest BCUT2D eigenvalue weighted by atomic mass is 32.1. The van der Waals surface area contributed by atoms with Gasteiger partial charge in [-0.2, -0.15) is 0 Å². The van der Waals surface area contributed by atoms with Crippen molar-refractivity contribution in [3.8, 4) is 0 Å². The van der Waals surface area contributed by atoms with E-state index in [0.717, 1.165) is 23.9 Å². The first-order valence-electron chi connectivity index (χ1n) is 12.7. The van der Waals surface area contributed by atoms with E-state index in [-0.39, 0.29) is 17.0 Å². The number of nitrogens with zero attached hydrogens (tertiary/aromatic N) is 2. The first kappa shape index (κ1) is 25.4. The summed E-state index contributed by atoms with van der Waals surface area (Å²) in [4.78, 5) is 19.4. The van der Waals surface area contributed by atoms with Gasteiger partial charge >= 0.3 is 0 Å². The number of rotatable bonds is 8. The minimum Gasteiger partial charge on any atom is -0.401 e. The normalized spacial score (nSPS) is 14.3. The second kappa shape index (κ2) is 10.6. The highest BCUT2D eigenvalue weighted by molar-refractivity contribution is 7.13. The third kappa shape index (κ3) is 5.25. The molecule has 0 saturated carbocycles. The lowest BCUT2D eigenvalue weighted by Gasteiger charge is -2.49. The maximum absolute atomic E-state index is 12.4. The van der Waals surface area contributed by atoms with Gasteiger partial charge in [-0.25, -0.2) is 4.98 Å². The van der Waals surface area contributed by atoms with Gasteiger partial charge in [-0.15, -0.1) is 11.3 Å². The number of nitrogens with one attached hydrogen (secondary N) is 1. The largest absolute Gasteiger partial charge is 0.401 e. The Kier molecular flexibility index (Phi) is 7.28. The Morgan fingerprint density at radius 1 is 0.946 bits per heavy atom. The number of aromatic nitrogens is 1. The van der Waals surface area contributed by atoms with Crippen LogP contribution in [-0.4, -0.2) is 38.4 Å². The van der Waals surface area contributed by atoms with E-state index in [9.17, 15) is 4.79 Å². The van der Waals surface area contributed by atoms with Gasteiger partial charge in [0.1, 0.15) is 0 Å². The van der Waals surface area contributed by atoms with Gasteiger partial charge in [0.15, 0.2) is 5.13 Å². The molecule has 1 aliphatic heterocycles.